The van der Waals surface area contributed by atoms with Crippen LogP contribution in [-0.2, 0) is 14.8 Å². The van der Waals surface area contributed by atoms with Crippen molar-refractivity contribution in [3.05, 3.63) is 84.9 Å². The van der Waals surface area contributed by atoms with Gasteiger partial charge in [0.15, 0.2) is 0 Å². The van der Waals surface area contributed by atoms with E-state index in [2.05, 4.69) is 10.0 Å². The van der Waals surface area contributed by atoms with Gasteiger partial charge in [0.25, 0.3) is 0 Å². The Morgan fingerprint density at radius 1 is 0.741 bits per heavy atom. The van der Waals surface area contributed by atoms with Gasteiger partial charge in [-0.2, -0.15) is 0 Å². The van der Waals surface area contributed by atoms with E-state index < -0.39 is 10.0 Å². The van der Waals surface area contributed by atoms with Crippen LogP contribution in [0.1, 0.15) is 6.42 Å². The van der Waals surface area contributed by atoms with Crippen molar-refractivity contribution in [3.63, 3.8) is 0 Å². The molecular formula is C21H20N2O3S. The third-order valence-electron chi connectivity index (χ3n) is 3.97. The zero-order chi connectivity index (χ0) is 19.1. The van der Waals surface area contributed by atoms with Crippen molar-refractivity contribution in [2.75, 3.05) is 11.9 Å². The van der Waals surface area contributed by atoms with Crippen LogP contribution < -0.4 is 10.0 Å². The van der Waals surface area contributed by atoms with Crippen LogP contribution >= 0.6 is 0 Å². The molecular weight excluding hydrogens is 360 g/mol. The van der Waals surface area contributed by atoms with E-state index >= 15 is 0 Å². The molecule has 0 fully saturated rings. The standard InChI is InChI=1S/C21H20N2O3S/c24-21(15-16-22-27(25,26)20-9-5-2-6-10-20)23-19-13-11-18(12-14-19)17-7-3-1-4-8-17/h1-14,22H,15-16H2,(H,23,24). The Bertz CT molecular complexity index is 987. The van der Waals surface area contributed by atoms with Gasteiger partial charge in [0, 0.05) is 18.7 Å². The lowest BCUT2D eigenvalue weighted by atomic mass is 10.1. The molecule has 0 spiro atoms. The summed E-state index contributed by atoms with van der Waals surface area (Å²) < 4.78 is 26.6. The van der Waals surface area contributed by atoms with Gasteiger partial charge in [-0.3, -0.25) is 4.79 Å². The van der Waals surface area contributed by atoms with E-state index in [-0.39, 0.29) is 23.8 Å². The van der Waals surface area contributed by atoms with Crippen molar-refractivity contribution < 1.29 is 13.2 Å². The third kappa shape index (κ3) is 5.26. The van der Waals surface area contributed by atoms with Crippen LogP contribution in [0.25, 0.3) is 11.1 Å². The van der Waals surface area contributed by atoms with Gasteiger partial charge < -0.3 is 5.32 Å². The number of anilines is 1. The fourth-order valence-electron chi connectivity index (χ4n) is 2.58. The summed E-state index contributed by atoms with van der Waals surface area (Å²) in [5.74, 6) is -0.252. The summed E-state index contributed by atoms with van der Waals surface area (Å²) in [6.07, 6.45) is 0.0481. The number of rotatable bonds is 7. The molecule has 0 aliphatic carbocycles. The lowest BCUT2D eigenvalue weighted by Gasteiger charge is -2.08. The maximum atomic E-state index is 12.1. The minimum Gasteiger partial charge on any atom is -0.326 e. The van der Waals surface area contributed by atoms with Gasteiger partial charge in [0.2, 0.25) is 15.9 Å². The van der Waals surface area contributed by atoms with Gasteiger partial charge in [-0.05, 0) is 35.4 Å². The lowest BCUT2D eigenvalue weighted by Crippen LogP contribution is -2.27. The average Bonchev–Trinajstić information content (AvgIpc) is 2.70. The van der Waals surface area contributed by atoms with Crippen LogP contribution in [0.4, 0.5) is 5.69 Å². The molecule has 3 rings (SSSR count). The van der Waals surface area contributed by atoms with E-state index in [1.807, 2.05) is 54.6 Å². The molecule has 1 amide bonds. The van der Waals surface area contributed by atoms with Crippen LogP contribution in [-0.4, -0.2) is 20.9 Å². The van der Waals surface area contributed by atoms with Gasteiger partial charge >= 0.3 is 0 Å². The Balaban J connectivity index is 1.51. The molecule has 0 unspecified atom stereocenters. The SMILES string of the molecule is O=C(CCNS(=O)(=O)c1ccccc1)Nc1ccc(-c2ccccc2)cc1. The van der Waals surface area contributed by atoms with Gasteiger partial charge in [0.1, 0.15) is 0 Å². The lowest BCUT2D eigenvalue weighted by molar-refractivity contribution is -0.116. The highest BCUT2D eigenvalue weighted by molar-refractivity contribution is 7.89. The summed E-state index contributed by atoms with van der Waals surface area (Å²) in [7, 11) is -3.60. The van der Waals surface area contributed by atoms with E-state index in [1.165, 1.54) is 12.1 Å². The van der Waals surface area contributed by atoms with Crippen molar-refractivity contribution in [3.8, 4) is 11.1 Å². The second-order valence-corrected chi connectivity index (χ2v) is 7.72. The molecule has 0 saturated carbocycles. The normalized spacial score (nSPS) is 11.1. The fraction of sp³-hybridized carbons (Fsp3) is 0.0952. The first-order valence-electron chi connectivity index (χ1n) is 8.55. The number of amides is 1. The molecule has 6 heteroatoms. The quantitative estimate of drug-likeness (QED) is 0.657. The van der Waals surface area contributed by atoms with E-state index in [4.69, 9.17) is 0 Å². The van der Waals surface area contributed by atoms with Crippen molar-refractivity contribution in [1.82, 2.24) is 4.72 Å². The van der Waals surface area contributed by atoms with Crippen molar-refractivity contribution in [2.45, 2.75) is 11.3 Å². The number of nitrogens with one attached hydrogen (secondary N) is 2. The van der Waals surface area contributed by atoms with Crippen LogP contribution in [0, 0.1) is 0 Å². The van der Waals surface area contributed by atoms with Gasteiger partial charge in [-0.1, -0.05) is 60.7 Å². The van der Waals surface area contributed by atoms with Gasteiger partial charge in [-0.25, -0.2) is 13.1 Å². The second kappa shape index (κ2) is 8.62. The third-order valence-corrected chi connectivity index (χ3v) is 5.45. The summed E-state index contributed by atoms with van der Waals surface area (Å²) in [6.45, 7) is 0.0329. The monoisotopic (exact) mass is 380 g/mol. The Labute approximate surface area is 159 Å². The first kappa shape index (κ1) is 18.8. The summed E-state index contributed by atoms with van der Waals surface area (Å²) in [6, 6.07) is 25.5. The molecule has 0 aliphatic heterocycles. The Morgan fingerprint density at radius 2 is 1.30 bits per heavy atom. The molecule has 0 saturated heterocycles. The second-order valence-electron chi connectivity index (χ2n) is 5.95. The predicted octanol–water partition coefficient (Wildman–Crippen LogP) is 3.66. The Morgan fingerprint density at radius 3 is 1.93 bits per heavy atom. The van der Waals surface area contributed by atoms with E-state index in [1.54, 1.807) is 18.2 Å². The summed E-state index contributed by atoms with van der Waals surface area (Å²) in [5.41, 5.74) is 2.83. The van der Waals surface area contributed by atoms with Crippen LogP contribution in [0.2, 0.25) is 0 Å². The zero-order valence-corrected chi connectivity index (χ0v) is 15.4. The molecule has 0 atom stereocenters. The number of hydrogen-bond acceptors (Lipinski definition) is 3. The van der Waals surface area contributed by atoms with E-state index in [9.17, 15) is 13.2 Å². The minimum atomic E-state index is -3.60. The zero-order valence-electron chi connectivity index (χ0n) is 14.6. The first-order chi connectivity index (χ1) is 13.0. The smallest absolute Gasteiger partial charge is 0.240 e. The number of hydrogen-bond donors (Lipinski definition) is 2. The molecule has 0 aromatic heterocycles. The molecule has 138 valence electrons. The van der Waals surface area contributed by atoms with Gasteiger partial charge in [0.05, 0.1) is 4.90 Å². The highest BCUT2D eigenvalue weighted by Crippen LogP contribution is 2.21. The Hall–Kier alpha value is -2.96. The number of sulfonamides is 1. The topological polar surface area (TPSA) is 75.3 Å². The van der Waals surface area contributed by atoms with Gasteiger partial charge in [-0.15, -0.1) is 0 Å². The van der Waals surface area contributed by atoms with Crippen LogP contribution in [0.5, 0.6) is 0 Å². The van der Waals surface area contributed by atoms with Crippen LogP contribution in [0.3, 0.4) is 0 Å². The minimum absolute atomic E-state index is 0.0329. The molecule has 0 heterocycles. The predicted molar refractivity (Wildman–Crippen MR) is 107 cm³/mol. The molecule has 3 aromatic rings. The van der Waals surface area contributed by atoms with Crippen molar-refractivity contribution >= 4 is 21.6 Å². The largest absolute Gasteiger partial charge is 0.326 e. The highest BCUT2D eigenvalue weighted by Gasteiger charge is 2.13. The highest BCUT2D eigenvalue weighted by atomic mass is 32.2. The van der Waals surface area contributed by atoms with E-state index in [0.717, 1.165) is 11.1 Å². The number of carbonyl (C=O) groups excluding carboxylic acids is 1. The number of benzene rings is 3. The molecule has 5 nitrogen and oxygen atoms in total. The molecule has 0 aliphatic rings. The van der Waals surface area contributed by atoms with Crippen LogP contribution in [0.15, 0.2) is 89.8 Å². The first-order valence-corrected chi connectivity index (χ1v) is 10.0. The molecule has 0 bridgehead atoms. The molecule has 27 heavy (non-hydrogen) atoms. The van der Waals surface area contributed by atoms with Crippen molar-refractivity contribution in [1.29, 1.82) is 0 Å². The summed E-state index contributed by atoms with van der Waals surface area (Å²) >= 11 is 0. The molecule has 2 N–H and O–H groups in total. The van der Waals surface area contributed by atoms with Crippen molar-refractivity contribution in [2.24, 2.45) is 0 Å². The molecule has 3 aromatic carbocycles. The maximum absolute atomic E-state index is 12.1. The van der Waals surface area contributed by atoms with E-state index in [0.29, 0.717) is 5.69 Å². The fourth-order valence-corrected chi connectivity index (χ4v) is 3.63. The Kier molecular flexibility index (Phi) is 6.01. The average molecular weight is 380 g/mol. The number of carbonyl (C=O) groups is 1. The maximum Gasteiger partial charge on any atom is 0.240 e. The molecule has 0 radical (unpaired) electrons. The summed E-state index contributed by atoms with van der Waals surface area (Å²) in [5, 5.41) is 2.77. The summed E-state index contributed by atoms with van der Waals surface area (Å²) in [4.78, 5) is 12.2.